The number of carboxylic acids is 1. The molecule has 0 bridgehead atoms. The topological polar surface area (TPSA) is 140 Å². The highest BCUT2D eigenvalue weighted by atomic mass is 35.5. The summed E-state index contributed by atoms with van der Waals surface area (Å²) >= 11 is 6.20. The average molecular weight is 581 g/mol. The van der Waals surface area contributed by atoms with E-state index in [9.17, 15) is 24.5 Å². The Labute approximate surface area is 239 Å². The first-order chi connectivity index (χ1) is 19.7. The number of carboxylic acid groups (broad SMARTS) is 1. The Hall–Kier alpha value is -3.92. The molecular weight excluding hydrogens is 555 g/mol. The molecule has 3 heterocycles. The lowest BCUT2D eigenvalue weighted by Crippen LogP contribution is -2.48. The molecule has 0 saturated carbocycles. The Bertz CT molecular complexity index is 1600. The van der Waals surface area contributed by atoms with E-state index >= 15 is 0 Å². The Morgan fingerprint density at radius 3 is 2.63 bits per heavy atom. The van der Waals surface area contributed by atoms with Crippen LogP contribution in [-0.2, 0) is 33.5 Å². The second-order valence-electron chi connectivity index (χ2n) is 9.63. The van der Waals surface area contributed by atoms with Crippen molar-refractivity contribution in [2.75, 3.05) is 6.61 Å². The molecule has 1 aliphatic rings. The van der Waals surface area contributed by atoms with Gasteiger partial charge in [-0.15, -0.1) is 6.42 Å². The second kappa shape index (κ2) is 11.9. The quantitative estimate of drug-likeness (QED) is 0.191. The predicted molar refractivity (Wildman–Crippen MR) is 145 cm³/mol. The molecule has 12 heteroatoms. The molecule has 0 amide bonds. The number of rotatable bonds is 10. The Kier molecular flexibility index (Phi) is 8.30. The molecule has 1 fully saturated rings. The lowest BCUT2D eigenvalue weighted by molar-refractivity contribution is -0.156. The molecule has 5 rings (SSSR count). The number of aromatic nitrogens is 4. The number of fused-ring (bicyclic) bond motifs is 1. The molecule has 1 saturated heterocycles. The number of aliphatic hydroxyl groups is 2. The monoisotopic (exact) mass is 580 g/mol. The van der Waals surface area contributed by atoms with E-state index in [2.05, 4.69) is 20.9 Å². The van der Waals surface area contributed by atoms with E-state index in [0.717, 1.165) is 5.56 Å². The third-order valence-electron chi connectivity index (χ3n) is 7.06. The van der Waals surface area contributed by atoms with Crippen LogP contribution in [-0.4, -0.2) is 71.3 Å². The van der Waals surface area contributed by atoms with Crippen molar-refractivity contribution in [3.05, 3.63) is 88.8 Å². The molecule has 212 valence electrons. The van der Waals surface area contributed by atoms with Crippen LogP contribution in [0, 0.1) is 18.2 Å². The van der Waals surface area contributed by atoms with E-state index in [-0.39, 0.29) is 23.2 Å². The van der Waals surface area contributed by atoms with Crippen molar-refractivity contribution in [2.45, 2.75) is 49.4 Å². The molecule has 0 spiro atoms. The van der Waals surface area contributed by atoms with Gasteiger partial charge in [-0.1, -0.05) is 54.5 Å². The first-order valence-corrected chi connectivity index (χ1v) is 13.1. The zero-order chi connectivity index (χ0) is 29.1. The van der Waals surface area contributed by atoms with E-state index in [1.807, 2.05) is 6.07 Å². The summed E-state index contributed by atoms with van der Waals surface area (Å²) in [5.74, 6) is 0.629. The van der Waals surface area contributed by atoms with Gasteiger partial charge in [-0.25, -0.2) is 19.2 Å². The lowest BCUT2D eigenvalue weighted by Gasteiger charge is -2.26. The average Bonchev–Trinajstić information content (AvgIpc) is 3.49. The minimum Gasteiger partial charge on any atom is -0.479 e. The maximum absolute atomic E-state index is 14.1. The van der Waals surface area contributed by atoms with E-state index in [1.165, 1.54) is 17.0 Å². The summed E-state index contributed by atoms with van der Waals surface area (Å²) in [5, 5.41) is 31.8. The number of hydrogen-bond acceptors (Lipinski definition) is 8. The maximum Gasteiger partial charge on any atom is 0.333 e. The smallest absolute Gasteiger partial charge is 0.333 e. The summed E-state index contributed by atoms with van der Waals surface area (Å²) in [6.07, 6.45) is 2.17. The number of aliphatic carboxylic acids is 1. The van der Waals surface area contributed by atoms with Gasteiger partial charge in [0.15, 0.2) is 23.6 Å². The van der Waals surface area contributed by atoms with Crippen LogP contribution in [0.5, 0.6) is 0 Å². The number of carbonyl (C=O) groups is 1. The third kappa shape index (κ3) is 5.79. The van der Waals surface area contributed by atoms with E-state index in [1.54, 1.807) is 42.5 Å². The van der Waals surface area contributed by atoms with Crippen LogP contribution in [0.2, 0.25) is 5.28 Å². The fraction of sp³-hybridized carbons (Fsp3) is 0.310. The van der Waals surface area contributed by atoms with Gasteiger partial charge in [-0.2, -0.15) is 4.98 Å². The van der Waals surface area contributed by atoms with Gasteiger partial charge >= 0.3 is 5.97 Å². The highest BCUT2D eigenvalue weighted by molar-refractivity contribution is 6.28. The zero-order valence-electron chi connectivity index (χ0n) is 21.6. The van der Waals surface area contributed by atoms with Crippen molar-refractivity contribution in [3.63, 3.8) is 0 Å². The first-order valence-electron chi connectivity index (χ1n) is 12.8. The largest absolute Gasteiger partial charge is 0.479 e. The molecule has 10 nitrogen and oxygen atoms in total. The van der Waals surface area contributed by atoms with Crippen molar-refractivity contribution in [3.8, 4) is 12.3 Å². The van der Waals surface area contributed by atoms with Crippen molar-refractivity contribution >= 4 is 28.7 Å². The summed E-state index contributed by atoms with van der Waals surface area (Å²) in [7, 11) is 0. The molecule has 1 unspecified atom stereocenters. The number of ether oxygens (including phenoxy) is 2. The maximum atomic E-state index is 14.1. The lowest BCUT2D eigenvalue weighted by atomic mass is 9.93. The highest BCUT2D eigenvalue weighted by Crippen LogP contribution is 2.39. The van der Waals surface area contributed by atoms with Gasteiger partial charge in [0.25, 0.3) is 0 Å². The zero-order valence-corrected chi connectivity index (χ0v) is 22.4. The van der Waals surface area contributed by atoms with E-state index in [4.69, 9.17) is 27.5 Å². The number of aliphatic hydroxyl groups excluding tert-OH is 1. The summed E-state index contributed by atoms with van der Waals surface area (Å²) in [6.45, 7) is -0.422. The molecule has 1 aliphatic heterocycles. The van der Waals surface area contributed by atoms with Crippen LogP contribution in [0.15, 0.2) is 60.9 Å². The molecule has 2 aromatic heterocycles. The SMILES string of the molecule is C#C[C@@]1(O)[C@@H](COC(Cc2ccccc2)C(=O)O)O[C@@H](n2cnc3c(CCc4ccccc4F)nc(Cl)nc32)[C@@H]1O. The number of nitrogens with zero attached hydrogens (tertiary/aromatic N) is 4. The normalized spacial score (nSPS) is 23.0. The minimum absolute atomic E-state index is 0.0700. The number of halogens is 2. The van der Waals surface area contributed by atoms with Crippen molar-refractivity contribution in [1.29, 1.82) is 0 Å². The highest BCUT2D eigenvalue weighted by Gasteiger charge is 2.56. The van der Waals surface area contributed by atoms with Crippen LogP contribution < -0.4 is 0 Å². The molecule has 5 atom stereocenters. The summed E-state index contributed by atoms with van der Waals surface area (Å²) in [4.78, 5) is 24.7. The van der Waals surface area contributed by atoms with Crippen LogP contribution in [0.3, 0.4) is 0 Å². The van der Waals surface area contributed by atoms with E-state index in [0.29, 0.717) is 29.6 Å². The third-order valence-corrected chi connectivity index (χ3v) is 7.23. The molecule has 41 heavy (non-hydrogen) atoms. The molecule has 0 aliphatic carbocycles. The van der Waals surface area contributed by atoms with Gasteiger partial charge in [0.2, 0.25) is 5.28 Å². The van der Waals surface area contributed by atoms with Gasteiger partial charge in [-0.3, -0.25) is 4.57 Å². The minimum atomic E-state index is -2.22. The number of hydrogen-bond donors (Lipinski definition) is 3. The molecule has 0 radical (unpaired) electrons. The molecular formula is C29H26ClFN4O6. The standard InChI is InChI=1S/C29H26ClFN4O6/c1-2-29(39)22(15-40-21(27(37)38)14-17-8-4-3-5-9-17)41-26(24(29)36)35-16-32-23-20(33-28(30)34-25(23)35)13-12-18-10-6-7-11-19(18)31/h1,3-11,16,21-22,24,26,36,39H,12-15H2,(H,37,38)/t21?,22-,24+,26-,29-/m1/s1. The summed E-state index contributed by atoms with van der Waals surface area (Å²) in [6, 6.07) is 15.3. The van der Waals surface area contributed by atoms with Crippen LogP contribution in [0.1, 0.15) is 23.0 Å². The van der Waals surface area contributed by atoms with Gasteiger partial charge in [0, 0.05) is 6.42 Å². The summed E-state index contributed by atoms with van der Waals surface area (Å²) in [5.41, 5.74) is 0.0154. The first kappa shape index (κ1) is 28.6. The van der Waals surface area contributed by atoms with Gasteiger partial charge < -0.3 is 24.8 Å². The summed E-state index contributed by atoms with van der Waals surface area (Å²) < 4.78 is 27.1. The Morgan fingerprint density at radius 1 is 1.20 bits per heavy atom. The van der Waals surface area contributed by atoms with Crippen molar-refractivity contribution in [2.24, 2.45) is 0 Å². The Balaban J connectivity index is 1.37. The Morgan fingerprint density at radius 2 is 1.93 bits per heavy atom. The fourth-order valence-corrected chi connectivity index (χ4v) is 5.01. The van der Waals surface area contributed by atoms with Crippen LogP contribution in [0.4, 0.5) is 4.39 Å². The molecule has 2 aromatic carbocycles. The molecule has 3 N–H and O–H groups in total. The van der Waals surface area contributed by atoms with Gasteiger partial charge in [-0.05, 0) is 41.6 Å². The van der Waals surface area contributed by atoms with Gasteiger partial charge in [0.1, 0.15) is 23.5 Å². The van der Waals surface area contributed by atoms with Crippen LogP contribution in [0.25, 0.3) is 11.2 Å². The predicted octanol–water partition coefficient (Wildman–Crippen LogP) is 2.74. The van der Waals surface area contributed by atoms with E-state index < -0.39 is 42.7 Å². The van der Waals surface area contributed by atoms with Crippen molar-refractivity contribution < 1.29 is 34.0 Å². The van der Waals surface area contributed by atoms with Gasteiger partial charge in [0.05, 0.1) is 18.6 Å². The van der Waals surface area contributed by atoms with Crippen LogP contribution >= 0.6 is 11.6 Å². The number of benzene rings is 2. The number of terminal acetylenes is 1. The number of imidazole rings is 1. The van der Waals surface area contributed by atoms with Crippen molar-refractivity contribution in [1.82, 2.24) is 19.5 Å². The number of aryl methyl sites for hydroxylation is 2. The second-order valence-corrected chi connectivity index (χ2v) is 9.97. The molecule has 4 aromatic rings. The fourth-order valence-electron chi connectivity index (χ4n) is 4.83.